The first-order chi connectivity index (χ1) is 25.2. The van der Waals surface area contributed by atoms with Crippen LogP contribution in [0.3, 0.4) is 0 Å². The van der Waals surface area contributed by atoms with Gasteiger partial charge in [0.2, 0.25) is 0 Å². The smallest absolute Gasteiger partial charge is 0.187 e. The molecule has 7 rings (SSSR count). The Kier molecular flexibility index (Phi) is 12.0. The molecule has 4 aromatic rings. The monoisotopic (exact) mass is 693 g/mol. The molecule has 1 unspecified atom stereocenters. The van der Waals surface area contributed by atoms with Crippen LogP contribution in [0.2, 0.25) is 0 Å². The van der Waals surface area contributed by atoms with Crippen LogP contribution in [0.1, 0.15) is 29.2 Å². The summed E-state index contributed by atoms with van der Waals surface area (Å²) in [5, 5.41) is 4.06. The number of benzene rings is 4. The molecule has 51 heavy (non-hydrogen) atoms. The first kappa shape index (κ1) is 35.3. The van der Waals surface area contributed by atoms with Gasteiger partial charge in [-0.1, -0.05) is 126 Å². The molecule has 266 valence electrons. The topological polar surface area (TPSA) is 123 Å². The molecule has 3 saturated heterocycles. The summed E-state index contributed by atoms with van der Waals surface area (Å²) >= 11 is 0. The van der Waals surface area contributed by atoms with E-state index in [0.717, 1.165) is 22.3 Å². The van der Waals surface area contributed by atoms with Gasteiger partial charge in [0.05, 0.1) is 39.1 Å². The van der Waals surface area contributed by atoms with Crippen LogP contribution < -0.4 is 0 Å². The molecule has 3 aliphatic rings. The third kappa shape index (κ3) is 8.85. The second-order valence-corrected chi connectivity index (χ2v) is 12.9. The molecule has 0 radical (unpaired) electrons. The normalized spacial score (nSPS) is 30.1. The molecule has 4 aromatic carbocycles. The molecule has 2 bridgehead atoms. The Morgan fingerprint density at radius 1 is 0.588 bits per heavy atom. The van der Waals surface area contributed by atoms with E-state index in [2.05, 4.69) is 10.0 Å². The van der Waals surface area contributed by atoms with Gasteiger partial charge in [0, 0.05) is 4.91 Å². The lowest BCUT2D eigenvalue weighted by Gasteiger charge is -2.47. The number of hydrogen-bond donors (Lipinski definition) is 0. The first-order valence-corrected chi connectivity index (χ1v) is 17.4. The molecule has 3 fully saturated rings. The van der Waals surface area contributed by atoms with Crippen LogP contribution in [0.5, 0.6) is 0 Å². The number of ether oxygens (including phenoxy) is 8. The third-order valence-corrected chi connectivity index (χ3v) is 9.38. The standard InChI is InChI=1S/C40H43N3O8/c1-27-34(44-22-28-14-6-2-7-15-28)37(46-24-30-18-10-4-11-19-30)38(47-25-31-20-12-5-13-21-31)40(49-27)51-35-32-26-48-39(50-32)33(42-43-41)36(35)45-23-29-16-8-3-9-17-29/h2-21,27,32-40H,22-26H2,1H3/t27-,32-,33-,34-,35-,36-,37+,38-,39-,40?/m1/s1. The fraction of sp³-hybridized carbons (Fsp3) is 0.400. The number of fused-ring (bicyclic) bond motifs is 2. The minimum absolute atomic E-state index is 0.243. The minimum atomic E-state index is -0.929. The Balaban J connectivity index is 1.19. The fourth-order valence-corrected chi connectivity index (χ4v) is 6.79. The molecule has 0 saturated carbocycles. The molecule has 0 N–H and O–H groups in total. The zero-order chi connectivity index (χ0) is 34.8. The quantitative estimate of drug-likeness (QED) is 0.0750. The van der Waals surface area contributed by atoms with Crippen LogP contribution in [0.15, 0.2) is 126 Å². The Morgan fingerprint density at radius 3 is 1.53 bits per heavy atom. The van der Waals surface area contributed by atoms with Crippen LogP contribution in [0.25, 0.3) is 10.4 Å². The van der Waals surface area contributed by atoms with Gasteiger partial charge in [-0.3, -0.25) is 0 Å². The van der Waals surface area contributed by atoms with Gasteiger partial charge < -0.3 is 37.9 Å². The number of nitrogens with zero attached hydrogens (tertiary/aromatic N) is 3. The first-order valence-electron chi connectivity index (χ1n) is 17.4. The average molecular weight is 694 g/mol. The van der Waals surface area contributed by atoms with E-state index < -0.39 is 61.3 Å². The lowest BCUT2D eigenvalue weighted by molar-refractivity contribution is -0.346. The average Bonchev–Trinajstić information content (AvgIpc) is 3.62. The van der Waals surface area contributed by atoms with Crippen molar-refractivity contribution in [1.29, 1.82) is 0 Å². The SMILES string of the molecule is C[C@H]1OC(O[C@H]2[C@H](OCc3ccccc3)[C@@H](N=[N+]=[N-])[C@@H]3OC[C@H]2O3)[C@H](OCc2ccccc2)[C@@H](OCc2ccccc2)[C@@H]1OCc1ccccc1. The van der Waals surface area contributed by atoms with Crippen molar-refractivity contribution in [3.8, 4) is 0 Å². The molecule has 0 spiro atoms. The second kappa shape index (κ2) is 17.4. The van der Waals surface area contributed by atoms with Crippen LogP contribution in [0, 0.1) is 0 Å². The summed E-state index contributed by atoms with van der Waals surface area (Å²) in [5.41, 5.74) is 13.5. The molecule has 11 heteroatoms. The number of rotatable bonds is 15. The summed E-state index contributed by atoms with van der Waals surface area (Å²) in [5.74, 6) is 0. The van der Waals surface area contributed by atoms with Crippen LogP contribution in [-0.2, 0) is 64.3 Å². The maximum absolute atomic E-state index is 9.54. The molecule has 0 amide bonds. The van der Waals surface area contributed by atoms with Crippen molar-refractivity contribution in [2.75, 3.05) is 6.61 Å². The molecular weight excluding hydrogens is 650 g/mol. The number of hydrogen-bond acceptors (Lipinski definition) is 9. The van der Waals surface area contributed by atoms with E-state index in [1.807, 2.05) is 128 Å². The summed E-state index contributed by atoms with van der Waals surface area (Å²) in [6.07, 6.45) is -5.88. The summed E-state index contributed by atoms with van der Waals surface area (Å²) < 4.78 is 52.3. The van der Waals surface area contributed by atoms with Crippen LogP contribution in [-0.4, -0.2) is 68.0 Å². The Labute approximate surface area is 297 Å². The summed E-state index contributed by atoms with van der Waals surface area (Å²) in [6, 6.07) is 39.0. The van der Waals surface area contributed by atoms with Gasteiger partial charge in [-0.2, -0.15) is 0 Å². The van der Waals surface area contributed by atoms with Crippen molar-refractivity contribution >= 4 is 0 Å². The van der Waals surface area contributed by atoms with Crippen molar-refractivity contribution in [2.45, 2.75) is 94.7 Å². The third-order valence-electron chi connectivity index (χ3n) is 9.38. The second-order valence-electron chi connectivity index (χ2n) is 12.9. The Hall–Kier alpha value is -4.13. The van der Waals surface area contributed by atoms with E-state index >= 15 is 0 Å². The van der Waals surface area contributed by atoms with E-state index in [1.54, 1.807) is 0 Å². The summed E-state index contributed by atoms with van der Waals surface area (Å²) in [6.45, 7) is 3.44. The number of azide groups is 1. The highest BCUT2D eigenvalue weighted by molar-refractivity contribution is 5.16. The van der Waals surface area contributed by atoms with Gasteiger partial charge in [0.15, 0.2) is 12.6 Å². The van der Waals surface area contributed by atoms with Gasteiger partial charge >= 0.3 is 0 Å². The lowest BCUT2D eigenvalue weighted by Crippen LogP contribution is -2.63. The molecule has 3 heterocycles. The van der Waals surface area contributed by atoms with Crippen molar-refractivity contribution < 1.29 is 37.9 Å². The molecule has 0 aliphatic carbocycles. The van der Waals surface area contributed by atoms with E-state index in [0.29, 0.717) is 13.2 Å². The molecule has 11 nitrogen and oxygen atoms in total. The van der Waals surface area contributed by atoms with Gasteiger partial charge in [-0.15, -0.1) is 0 Å². The van der Waals surface area contributed by atoms with Gasteiger partial charge in [-0.25, -0.2) is 0 Å². The van der Waals surface area contributed by atoms with Crippen molar-refractivity contribution in [3.63, 3.8) is 0 Å². The maximum Gasteiger partial charge on any atom is 0.187 e. The zero-order valence-corrected chi connectivity index (χ0v) is 28.5. The molecule has 0 aromatic heterocycles. The van der Waals surface area contributed by atoms with Gasteiger partial charge in [0.1, 0.15) is 42.7 Å². The highest BCUT2D eigenvalue weighted by atomic mass is 16.8. The van der Waals surface area contributed by atoms with Crippen molar-refractivity contribution in [2.24, 2.45) is 5.11 Å². The predicted molar refractivity (Wildman–Crippen MR) is 187 cm³/mol. The van der Waals surface area contributed by atoms with E-state index in [1.165, 1.54) is 0 Å². The van der Waals surface area contributed by atoms with Gasteiger partial charge in [0.25, 0.3) is 0 Å². The summed E-state index contributed by atoms with van der Waals surface area (Å²) in [4.78, 5) is 3.11. The van der Waals surface area contributed by atoms with Crippen LogP contribution >= 0.6 is 0 Å². The highest BCUT2D eigenvalue weighted by Crippen LogP contribution is 2.38. The van der Waals surface area contributed by atoms with Gasteiger partial charge in [-0.05, 0) is 34.7 Å². The van der Waals surface area contributed by atoms with E-state index in [9.17, 15) is 5.53 Å². The predicted octanol–water partition coefficient (Wildman–Crippen LogP) is 6.89. The highest BCUT2D eigenvalue weighted by Gasteiger charge is 2.55. The lowest BCUT2D eigenvalue weighted by atomic mass is 9.96. The molecule has 3 aliphatic heterocycles. The van der Waals surface area contributed by atoms with E-state index in [-0.39, 0.29) is 19.8 Å². The fourth-order valence-electron chi connectivity index (χ4n) is 6.79. The maximum atomic E-state index is 9.54. The zero-order valence-electron chi connectivity index (χ0n) is 28.5. The minimum Gasteiger partial charge on any atom is -0.370 e. The van der Waals surface area contributed by atoms with E-state index in [4.69, 9.17) is 37.9 Å². The van der Waals surface area contributed by atoms with Crippen LogP contribution in [0.4, 0.5) is 0 Å². The van der Waals surface area contributed by atoms with Crippen molar-refractivity contribution in [1.82, 2.24) is 0 Å². The molecular formula is C40H43N3O8. The summed E-state index contributed by atoms with van der Waals surface area (Å²) in [7, 11) is 0. The van der Waals surface area contributed by atoms with Crippen molar-refractivity contribution in [3.05, 3.63) is 154 Å². The Morgan fingerprint density at radius 2 is 1.04 bits per heavy atom. The largest absolute Gasteiger partial charge is 0.370 e. The Bertz CT molecular complexity index is 1680. The molecule has 10 atom stereocenters.